The van der Waals surface area contributed by atoms with E-state index < -0.39 is 0 Å². The topological polar surface area (TPSA) is 67.4 Å². The van der Waals surface area contributed by atoms with Crippen molar-refractivity contribution in [2.24, 2.45) is 0 Å². The first-order valence-electron chi connectivity index (χ1n) is 8.64. The van der Waals surface area contributed by atoms with Gasteiger partial charge in [0.2, 0.25) is 0 Å². The molecule has 0 bridgehead atoms. The van der Waals surface area contributed by atoms with Gasteiger partial charge in [0, 0.05) is 31.4 Å². The van der Waals surface area contributed by atoms with Crippen LogP contribution < -0.4 is 5.32 Å². The second kappa shape index (κ2) is 8.69. The van der Waals surface area contributed by atoms with Crippen LogP contribution in [0.5, 0.6) is 0 Å². The Morgan fingerprint density at radius 1 is 1.24 bits per heavy atom. The lowest BCUT2D eigenvalue weighted by Crippen LogP contribution is -2.48. The number of aryl methyl sites for hydroxylation is 1. The van der Waals surface area contributed by atoms with Crippen LogP contribution in [0.15, 0.2) is 42.7 Å². The Hall–Kier alpha value is -2.31. The molecule has 1 aromatic carbocycles. The van der Waals surface area contributed by atoms with E-state index in [1.807, 2.05) is 25.1 Å². The Bertz CT molecular complexity index is 687. The lowest BCUT2D eigenvalue weighted by Gasteiger charge is -2.31. The van der Waals surface area contributed by atoms with Gasteiger partial charge in [0.1, 0.15) is 12.0 Å². The van der Waals surface area contributed by atoms with Gasteiger partial charge in [-0.05, 0) is 25.0 Å². The van der Waals surface area contributed by atoms with Crippen LogP contribution in [0, 0.1) is 6.92 Å². The van der Waals surface area contributed by atoms with E-state index in [4.69, 9.17) is 4.74 Å². The number of rotatable bonds is 6. The van der Waals surface area contributed by atoms with Gasteiger partial charge in [-0.1, -0.05) is 30.3 Å². The standard InChI is InChI=1S/C19H24N4O2/c1-15-11-18(21-14-20-15)19(24)22-17(12-16-5-3-2-4-6-16)13-23-7-9-25-10-8-23/h2-6,11,14,17H,7-10,12-13H2,1H3,(H,22,24). The van der Waals surface area contributed by atoms with Crippen molar-refractivity contribution >= 4 is 5.91 Å². The maximum absolute atomic E-state index is 12.6. The highest BCUT2D eigenvalue weighted by molar-refractivity contribution is 5.92. The quantitative estimate of drug-likeness (QED) is 0.862. The van der Waals surface area contributed by atoms with Gasteiger partial charge in [-0.15, -0.1) is 0 Å². The number of morpholine rings is 1. The largest absolute Gasteiger partial charge is 0.379 e. The van der Waals surface area contributed by atoms with Crippen molar-refractivity contribution in [3.63, 3.8) is 0 Å². The molecule has 0 saturated carbocycles. The number of benzene rings is 1. The molecule has 0 radical (unpaired) electrons. The third-order valence-corrected chi connectivity index (χ3v) is 4.28. The van der Waals surface area contributed by atoms with Crippen molar-refractivity contribution in [3.05, 3.63) is 59.7 Å². The van der Waals surface area contributed by atoms with Crippen molar-refractivity contribution in [3.8, 4) is 0 Å². The zero-order valence-electron chi connectivity index (χ0n) is 14.5. The molecule has 3 rings (SSSR count). The van der Waals surface area contributed by atoms with Crippen molar-refractivity contribution in [1.29, 1.82) is 0 Å². The molecular formula is C19H24N4O2. The van der Waals surface area contributed by atoms with E-state index in [0.717, 1.165) is 45.0 Å². The molecule has 1 N–H and O–H groups in total. The molecule has 1 unspecified atom stereocenters. The molecule has 0 spiro atoms. The molecule has 2 heterocycles. The maximum atomic E-state index is 12.6. The average molecular weight is 340 g/mol. The first-order chi connectivity index (χ1) is 12.2. The predicted molar refractivity (Wildman–Crippen MR) is 95.4 cm³/mol. The Balaban J connectivity index is 1.69. The van der Waals surface area contributed by atoms with Crippen molar-refractivity contribution in [1.82, 2.24) is 20.2 Å². The van der Waals surface area contributed by atoms with Crippen LogP contribution >= 0.6 is 0 Å². The summed E-state index contributed by atoms with van der Waals surface area (Å²) in [6.07, 6.45) is 2.21. The summed E-state index contributed by atoms with van der Waals surface area (Å²) in [6, 6.07) is 12.0. The van der Waals surface area contributed by atoms with Crippen molar-refractivity contribution < 1.29 is 9.53 Å². The second-order valence-electron chi connectivity index (χ2n) is 6.32. The molecule has 1 amide bonds. The fourth-order valence-electron chi connectivity index (χ4n) is 2.99. The number of nitrogens with one attached hydrogen (secondary N) is 1. The van der Waals surface area contributed by atoms with Gasteiger partial charge in [-0.25, -0.2) is 9.97 Å². The van der Waals surface area contributed by atoms with E-state index in [-0.39, 0.29) is 11.9 Å². The van der Waals surface area contributed by atoms with Crippen LogP contribution in [-0.4, -0.2) is 59.7 Å². The highest BCUT2D eigenvalue weighted by atomic mass is 16.5. The van der Waals surface area contributed by atoms with Gasteiger partial charge < -0.3 is 10.1 Å². The van der Waals surface area contributed by atoms with E-state index in [1.54, 1.807) is 6.07 Å². The summed E-state index contributed by atoms with van der Waals surface area (Å²) in [5.74, 6) is -0.153. The van der Waals surface area contributed by atoms with E-state index >= 15 is 0 Å². The Labute approximate surface area is 148 Å². The number of aromatic nitrogens is 2. The molecule has 1 aliphatic heterocycles. The normalized spacial score (nSPS) is 16.4. The van der Waals surface area contributed by atoms with Crippen LogP contribution in [0.4, 0.5) is 0 Å². The highest BCUT2D eigenvalue weighted by Crippen LogP contribution is 2.08. The molecule has 6 heteroatoms. The second-order valence-corrected chi connectivity index (χ2v) is 6.32. The highest BCUT2D eigenvalue weighted by Gasteiger charge is 2.20. The first kappa shape index (κ1) is 17.5. The summed E-state index contributed by atoms with van der Waals surface area (Å²) in [7, 11) is 0. The number of amides is 1. The summed E-state index contributed by atoms with van der Waals surface area (Å²) >= 11 is 0. The smallest absolute Gasteiger partial charge is 0.270 e. The first-order valence-corrected chi connectivity index (χ1v) is 8.64. The van der Waals surface area contributed by atoms with E-state index in [1.165, 1.54) is 11.9 Å². The Morgan fingerprint density at radius 3 is 2.72 bits per heavy atom. The molecule has 1 aromatic heterocycles. The molecule has 132 valence electrons. The third kappa shape index (κ3) is 5.34. The summed E-state index contributed by atoms with van der Waals surface area (Å²) in [5.41, 5.74) is 2.40. The summed E-state index contributed by atoms with van der Waals surface area (Å²) in [6.45, 7) is 5.94. The number of ether oxygens (including phenoxy) is 1. The van der Waals surface area contributed by atoms with Crippen molar-refractivity contribution in [2.45, 2.75) is 19.4 Å². The third-order valence-electron chi connectivity index (χ3n) is 4.28. The fraction of sp³-hybridized carbons (Fsp3) is 0.421. The van der Waals surface area contributed by atoms with E-state index in [0.29, 0.717) is 5.69 Å². The van der Waals surface area contributed by atoms with Gasteiger partial charge in [0.25, 0.3) is 5.91 Å². The molecule has 6 nitrogen and oxygen atoms in total. The van der Waals surface area contributed by atoms with E-state index in [2.05, 4.69) is 32.3 Å². The number of carbonyl (C=O) groups is 1. The number of carbonyl (C=O) groups excluding carboxylic acids is 1. The number of hydrogen-bond donors (Lipinski definition) is 1. The van der Waals surface area contributed by atoms with Crippen LogP contribution in [0.2, 0.25) is 0 Å². The minimum atomic E-state index is -0.153. The number of hydrogen-bond acceptors (Lipinski definition) is 5. The number of nitrogens with zero attached hydrogens (tertiary/aromatic N) is 3. The zero-order chi connectivity index (χ0) is 17.5. The van der Waals surface area contributed by atoms with Crippen LogP contribution in [0.1, 0.15) is 21.7 Å². The molecule has 0 aliphatic carbocycles. The minimum absolute atomic E-state index is 0.0169. The van der Waals surface area contributed by atoms with Gasteiger partial charge >= 0.3 is 0 Å². The van der Waals surface area contributed by atoms with Gasteiger partial charge in [-0.2, -0.15) is 0 Å². The fourth-order valence-corrected chi connectivity index (χ4v) is 2.99. The summed E-state index contributed by atoms with van der Waals surface area (Å²) in [5, 5.41) is 3.14. The lowest BCUT2D eigenvalue weighted by molar-refractivity contribution is 0.0333. The van der Waals surface area contributed by atoms with Gasteiger partial charge in [0.15, 0.2) is 0 Å². The molecular weight excluding hydrogens is 316 g/mol. The Kier molecular flexibility index (Phi) is 6.09. The van der Waals surface area contributed by atoms with Crippen LogP contribution in [0.3, 0.4) is 0 Å². The predicted octanol–water partition coefficient (Wildman–Crippen LogP) is 1.46. The van der Waals surface area contributed by atoms with Gasteiger partial charge in [-0.3, -0.25) is 9.69 Å². The summed E-state index contributed by atoms with van der Waals surface area (Å²) in [4.78, 5) is 23.1. The molecule has 1 fully saturated rings. The lowest BCUT2D eigenvalue weighted by atomic mass is 10.0. The molecule has 1 atom stereocenters. The Morgan fingerprint density at radius 2 is 2.00 bits per heavy atom. The van der Waals surface area contributed by atoms with E-state index in [9.17, 15) is 4.79 Å². The zero-order valence-corrected chi connectivity index (χ0v) is 14.5. The molecule has 2 aromatic rings. The minimum Gasteiger partial charge on any atom is -0.379 e. The molecule has 25 heavy (non-hydrogen) atoms. The average Bonchev–Trinajstić information content (AvgIpc) is 2.63. The molecule has 1 aliphatic rings. The maximum Gasteiger partial charge on any atom is 0.270 e. The molecule has 1 saturated heterocycles. The monoisotopic (exact) mass is 340 g/mol. The van der Waals surface area contributed by atoms with Crippen LogP contribution in [0.25, 0.3) is 0 Å². The van der Waals surface area contributed by atoms with Crippen LogP contribution in [-0.2, 0) is 11.2 Å². The summed E-state index contributed by atoms with van der Waals surface area (Å²) < 4.78 is 5.42. The van der Waals surface area contributed by atoms with Crippen molar-refractivity contribution in [2.75, 3.05) is 32.8 Å². The SMILES string of the molecule is Cc1cc(C(=O)NC(Cc2ccccc2)CN2CCOCC2)ncn1. The van der Waals surface area contributed by atoms with Gasteiger partial charge in [0.05, 0.1) is 13.2 Å².